The standard InChI is InChI=1S/C18H15Cl2N5O3/c1-27-15-5-2-11(8-21-24-17-9-22-25-18(26)23-17)6-16(15)28-10-12-3-4-13(19)7-14(12)20/h2-9H,10H2,1H3,(H2,23,24,25,26)/b21-8+. The lowest BCUT2D eigenvalue weighted by atomic mass is 10.2. The topological polar surface area (TPSA) is 101 Å². The van der Waals surface area contributed by atoms with Gasteiger partial charge in [-0.1, -0.05) is 29.3 Å². The van der Waals surface area contributed by atoms with Gasteiger partial charge in [0.2, 0.25) is 0 Å². The number of hydrazone groups is 1. The number of rotatable bonds is 7. The van der Waals surface area contributed by atoms with Crippen LogP contribution in [0.4, 0.5) is 5.82 Å². The maximum Gasteiger partial charge on any atom is 0.363 e. The van der Waals surface area contributed by atoms with E-state index in [4.69, 9.17) is 32.7 Å². The molecule has 0 amide bonds. The molecule has 0 saturated carbocycles. The van der Waals surface area contributed by atoms with Crippen LogP contribution in [-0.2, 0) is 6.61 Å². The van der Waals surface area contributed by atoms with Crippen LogP contribution in [0.2, 0.25) is 10.0 Å². The van der Waals surface area contributed by atoms with Crippen LogP contribution in [0.15, 0.2) is 52.5 Å². The van der Waals surface area contributed by atoms with E-state index >= 15 is 0 Å². The Balaban J connectivity index is 1.72. The smallest absolute Gasteiger partial charge is 0.363 e. The second-order valence-corrected chi connectivity index (χ2v) is 6.32. The number of aromatic amines is 1. The van der Waals surface area contributed by atoms with E-state index < -0.39 is 5.69 Å². The van der Waals surface area contributed by atoms with E-state index in [-0.39, 0.29) is 12.4 Å². The molecule has 144 valence electrons. The summed E-state index contributed by atoms with van der Waals surface area (Å²) in [5.41, 5.74) is 3.59. The number of ether oxygens (including phenoxy) is 2. The summed E-state index contributed by atoms with van der Waals surface area (Å²) in [5.74, 6) is 1.31. The van der Waals surface area contributed by atoms with Crippen molar-refractivity contribution in [3.63, 3.8) is 0 Å². The van der Waals surface area contributed by atoms with Crippen molar-refractivity contribution in [2.24, 2.45) is 5.10 Å². The monoisotopic (exact) mass is 419 g/mol. The molecule has 1 aromatic heterocycles. The van der Waals surface area contributed by atoms with Crippen molar-refractivity contribution in [3.05, 3.63) is 74.3 Å². The van der Waals surface area contributed by atoms with E-state index in [0.717, 1.165) is 11.1 Å². The third-order valence-electron chi connectivity index (χ3n) is 3.55. The summed E-state index contributed by atoms with van der Waals surface area (Å²) in [6.07, 6.45) is 2.89. The van der Waals surface area contributed by atoms with Gasteiger partial charge in [0.1, 0.15) is 6.61 Å². The van der Waals surface area contributed by atoms with Crippen molar-refractivity contribution in [3.8, 4) is 11.5 Å². The molecule has 8 nitrogen and oxygen atoms in total. The predicted octanol–water partition coefficient (Wildman–Crippen LogP) is 3.51. The average Bonchev–Trinajstić information content (AvgIpc) is 2.67. The summed E-state index contributed by atoms with van der Waals surface area (Å²) in [5, 5.41) is 10.9. The molecule has 0 spiro atoms. The summed E-state index contributed by atoms with van der Waals surface area (Å²) in [7, 11) is 1.55. The number of benzene rings is 2. The van der Waals surface area contributed by atoms with E-state index in [1.54, 1.807) is 49.7 Å². The van der Waals surface area contributed by atoms with Crippen LogP contribution < -0.4 is 20.6 Å². The summed E-state index contributed by atoms with van der Waals surface area (Å²) in [6, 6.07) is 10.5. The average molecular weight is 420 g/mol. The van der Waals surface area contributed by atoms with Crippen LogP contribution in [-0.4, -0.2) is 28.5 Å². The first-order chi connectivity index (χ1) is 13.5. The highest BCUT2D eigenvalue weighted by atomic mass is 35.5. The van der Waals surface area contributed by atoms with Gasteiger partial charge in [0.25, 0.3) is 0 Å². The maximum absolute atomic E-state index is 11.1. The Morgan fingerprint density at radius 2 is 2.07 bits per heavy atom. The van der Waals surface area contributed by atoms with Gasteiger partial charge in [-0.15, -0.1) is 0 Å². The number of hydrogen-bond acceptors (Lipinski definition) is 7. The number of nitrogens with zero attached hydrogens (tertiary/aromatic N) is 3. The van der Waals surface area contributed by atoms with Gasteiger partial charge in [-0.3, -0.25) is 5.43 Å². The lowest BCUT2D eigenvalue weighted by Gasteiger charge is -2.12. The fraction of sp³-hybridized carbons (Fsp3) is 0.111. The highest BCUT2D eigenvalue weighted by Crippen LogP contribution is 2.29. The number of anilines is 1. The molecule has 0 fully saturated rings. The van der Waals surface area contributed by atoms with Gasteiger partial charge in [-0.05, 0) is 35.9 Å². The fourth-order valence-electron chi connectivity index (χ4n) is 2.22. The lowest BCUT2D eigenvalue weighted by Crippen LogP contribution is -2.13. The molecular formula is C18H15Cl2N5O3. The van der Waals surface area contributed by atoms with Crippen molar-refractivity contribution >= 4 is 35.2 Å². The molecule has 2 N–H and O–H groups in total. The first kappa shape index (κ1) is 19.7. The van der Waals surface area contributed by atoms with Gasteiger partial charge in [0.05, 0.1) is 19.5 Å². The number of H-pyrrole nitrogens is 1. The molecular weight excluding hydrogens is 405 g/mol. The Morgan fingerprint density at radius 1 is 1.21 bits per heavy atom. The predicted molar refractivity (Wildman–Crippen MR) is 108 cm³/mol. The number of methoxy groups -OCH3 is 1. The lowest BCUT2D eigenvalue weighted by molar-refractivity contribution is 0.284. The second kappa shape index (κ2) is 9.20. The van der Waals surface area contributed by atoms with Crippen molar-refractivity contribution in [1.29, 1.82) is 0 Å². The van der Waals surface area contributed by atoms with Gasteiger partial charge in [-0.2, -0.15) is 15.2 Å². The van der Waals surface area contributed by atoms with Crippen LogP contribution in [0.1, 0.15) is 11.1 Å². The molecule has 10 heteroatoms. The fourth-order valence-corrected chi connectivity index (χ4v) is 2.68. The minimum absolute atomic E-state index is 0.224. The van der Waals surface area contributed by atoms with E-state index in [1.807, 2.05) is 0 Å². The molecule has 0 unspecified atom stereocenters. The molecule has 3 aromatic rings. The third kappa shape index (κ3) is 5.21. The number of halogens is 2. The zero-order chi connectivity index (χ0) is 19.9. The summed E-state index contributed by atoms with van der Waals surface area (Å²) in [4.78, 5) is 14.8. The van der Waals surface area contributed by atoms with E-state index in [1.165, 1.54) is 6.20 Å². The molecule has 1 heterocycles. The van der Waals surface area contributed by atoms with Crippen molar-refractivity contribution in [2.45, 2.75) is 6.61 Å². The molecule has 0 atom stereocenters. The molecule has 0 aliphatic heterocycles. The molecule has 0 saturated heterocycles. The van der Waals surface area contributed by atoms with Crippen LogP contribution in [0.3, 0.4) is 0 Å². The van der Waals surface area contributed by atoms with Crippen LogP contribution in [0, 0.1) is 0 Å². The van der Waals surface area contributed by atoms with E-state index in [2.05, 4.69) is 25.7 Å². The van der Waals surface area contributed by atoms with Crippen LogP contribution >= 0.6 is 23.2 Å². The Hall–Kier alpha value is -3.10. The molecule has 0 aliphatic carbocycles. The largest absolute Gasteiger partial charge is 0.493 e. The molecule has 0 bridgehead atoms. The second-order valence-electron chi connectivity index (χ2n) is 5.48. The van der Waals surface area contributed by atoms with Crippen molar-refractivity contribution in [1.82, 2.24) is 15.2 Å². The number of nitrogens with one attached hydrogen (secondary N) is 2. The van der Waals surface area contributed by atoms with Crippen LogP contribution in [0.25, 0.3) is 0 Å². The third-order valence-corrected chi connectivity index (χ3v) is 4.13. The molecule has 3 rings (SSSR count). The highest BCUT2D eigenvalue weighted by Gasteiger charge is 2.08. The maximum atomic E-state index is 11.1. The van der Waals surface area contributed by atoms with Crippen molar-refractivity contribution < 1.29 is 9.47 Å². The minimum atomic E-state index is -0.568. The van der Waals surface area contributed by atoms with Gasteiger partial charge < -0.3 is 9.47 Å². The van der Waals surface area contributed by atoms with Crippen molar-refractivity contribution in [2.75, 3.05) is 12.5 Å². The Kier molecular flexibility index (Phi) is 6.46. The summed E-state index contributed by atoms with van der Waals surface area (Å²) < 4.78 is 11.2. The Labute approximate surface area is 170 Å². The van der Waals surface area contributed by atoms with Gasteiger partial charge in [-0.25, -0.2) is 9.89 Å². The minimum Gasteiger partial charge on any atom is -0.493 e. The van der Waals surface area contributed by atoms with E-state index in [0.29, 0.717) is 21.5 Å². The van der Waals surface area contributed by atoms with Crippen LogP contribution in [0.5, 0.6) is 11.5 Å². The van der Waals surface area contributed by atoms with E-state index in [9.17, 15) is 4.79 Å². The number of aromatic nitrogens is 3. The molecule has 0 radical (unpaired) electrons. The summed E-state index contributed by atoms with van der Waals surface area (Å²) >= 11 is 12.1. The molecule has 28 heavy (non-hydrogen) atoms. The normalized spacial score (nSPS) is 10.8. The quantitative estimate of drug-likeness (QED) is 0.448. The van der Waals surface area contributed by atoms with Gasteiger partial charge in [0, 0.05) is 15.6 Å². The molecule has 2 aromatic carbocycles. The first-order valence-electron chi connectivity index (χ1n) is 8.01. The zero-order valence-corrected chi connectivity index (χ0v) is 16.2. The Bertz CT molecular complexity index is 1060. The summed E-state index contributed by atoms with van der Waals surface area (Å²) in [6.45, 7) is 0.244. The van der Waals surface area contributed by atoms with Gasteiger partial charge >= 0.3 is 5.69 Å². The van der Waals surface area contributed by atoms with Gasteiger partial charge in [0.15, 0.2) is 17.3 Å². The SMILES string of the molecule is COc1ccc(/C=N/Nc2cn[nH]c(=O)n2)cc1OCc1ccc(Cl)cc1Cl. The highest BCUT2D eigenvalue weighted by molar-refractivity contribution is 6.35. The zero-order valence-electron chi connectivity index (χ0n) is 14.6. The molecule has 0 aliphatic rings. The first-order valence-corrected chi connectivity index (χ1v) is 8.76. The number of hydrogen-bond donors (Lipinski definition) is 2. The Morgan fingerprint density at radius 3 is 2.82 bits per heavy atom.